The van der Waals surface area contributed by atoms with Crippen LogP contribution >= 0.6 is 0 Å². The van der Waals surface area contributed by atoms with Crippen LogP contribution in [-0.2, 0) is 11.3 Å². The summed E-state index contributed by atoms with van der Waals surface area (Å²) in [5, 5.41) is 0. The first-order valence-electron chi connectivity index (χ1n) is 6.82. The molecule has 2 N–H and O–H groups in total. The van der Waals surface area contributed by atoms with Gasteiger partial charge >= 0.3 is 0 Å². The zero-order chi connectivity index (χ0) is 13.8. The largest absolute Gasteiger partial charge is 0.341 e. The van der Waals surface area contributed by atoms with Gasteiger partial charge in [0.15, 0.2) is 0 Å². The minimum atomic E-state index is -0.257. The first-order valence-corrected chi connectivity index (χ1v) is 6.82. The Bertz CT molecular complexity index is 442. The Balaban J connectivity index is 1.94. The van der Waals surface area contributed by atoms with Gasteiger partial charge in [0.25, 0.3) is 0 Å². The third-order valence-corrected chi connectivity index (χ3v) is 3.86. The standard InChI is InChI=1S/C15H21FN2O/c1-18(10-12-4-2-3-5-14(12)16)15(19)11-6-8-13(17)9-7-11/h2-5,11,13H,6-10,17H2,1H3. The second kappa shape index (κ2) is 6.15. The summed E-state index contributed by atoms with van der Waals surface area (Å²) in [6, 6.07) is 6.82. The Hall–Kier alpha value is -1.42. The fraction of sp³-hybridized carbons (Fsp3) is 0.533. The number of hydrogen-bond acceptors (Lipinski definition) is 2. The van der Waals surface area contributed by atoms with E-state index in [1.54, 1.807) is 30.1 Å². The average Bonchev–Trinajstić information content (AvgIpc) is 2.41. The number of benzene rings is 1. The SMILES string of the molecule is CN(Cc1ccccc1F)C(=O)C1CCC(N)CC1. The van der Waals surface area contributed by atoms with Crippen molar-refractivity contribution in [3.8, 4) is 0 Å². The third-order valence-electron chi connectivity index (χ3n) is 3.86. The number of hydrogen-bond donors (Lipinski definition) is 1. The Labute approximate surface area is 113 Å². The van der Waals surface area contributed by atoms with Gasteiger partial charge in [0.1, 0.15) is 5.82 Å². The molecule has 3 nitrogen and oxygen atoms in total. The molecule has 1 amide bonds. The molecule has 0 bridgehead atoms. The molecule has 0 heterocycles. The highest BCUT2D eigenvalue weighted by atomic mass is 19.1. The zero-order valence-electron chi connectivity index (χ0n) is 11.3. The summed E-state index contributed by atoms with van der Waals surface area (Å²) in [5.41, 5.74) is 6.40. The van der Waals surface area contributed by atoms with Gasteiger partial charge in [-0.15, -0.1) is 0 Å². The second-order valence-corrected chi connectivity index (χ2v) is 5.40. The average molecular weight is 264 g/mol. The summed E-state index contributed by atoms with van der Waals surface area (Å²) in [6.07, 6.45) is 3.51. The summed E-state index contributed by atoms with van der Waals surface area (Å²) >= 11 is 0. The minimum absolute atomic E-state index is 0.0524. The first-order chi connectivity index (χ1) is 9.08. The van der Waals surface area contributed by atoms with E-state index in [4.69, 9.17) is 5.73 Å². The van der Waals surface area contributed by atoms with Crippen LogP contribution in [0.4, 0.5) is 4.39 Å². The molecule has 2 rings (SSSR count). The van der Waals surface area contributed by atoms with Gasteiger partial charge in [-0.25, -0.2) is 4.39 Å². The lowest BCUT2D eigenvalue weighted by atomic mass is 9.85. The molecule has 4 heteroatoms. The van der Waals surface area contributed by atoms with Crippen molar-refractivity contribution in [2.75, 3.05) is 7.05 Å². The number of rotatable bonds is 3. The molecule has 0 spiro atoms. The van der Waals surface area contributed by atoms with E-state index < -0.39 is 0 Å². The van der Waals surface area contributed by atoms with Gasteiger partial charge < -0.3 is 10.6 Å². The molecule has 0 radical (unpaired) electrons. The summed E-state index contributed by atoms with van der Waals surface area (Å²) < 4.78 is 13.6. The Morgan fingerprint density at radius 3 is 2.58 bits per heavy atom. The molecule has 1 aromatic carbocycles. The predicted molar refractivity (Wildman–Crippen MR) is 72.8 cm³/mol. The second-order valence-electron chi connectivity index (χ2n) is 5.40. The van der Waals surface area contributed by atoms with Crippen molar-refractivity contribution >= 4 is 5.91 Å². The van der Waals surface area contributed by atoms with E-state index in [9.17, 15) is 9.18 Å². The lowest BCUT2D eigenvalue weighted by molar-refractivity contribution is -0.135. The Morgan fingerprint density at radius 1 is 1.32 bits per heavy atom. The smallest absolute Gasteiger partial charge is 0.225 e. The monoisotopic (exact) mass is 264 g/mol. The van der Waals surface area contributed by atoms with Crippen molar-refractivity contribution in [1.82, 2.24) is 4.90 Å². The summed E-state index contributed by atoms with van der Waals surface area (Å²) in [7, 11) is 1.74. The quantitative estimate of drug-likeness (QED) is 0.910. The molecule has 1 aliphatic rings. The Morgan fingerprint density at radius 2 is 1.95 bits per heavy atom. The lowest BCUT2D eigenvalue weighted by Gasteiger charge is -2.29. The van der Waals surface area contributed by atoms with Gasteiger partial charge in [-0.2, -0.15) is 0 Å². The molecule has 0 saturated heterocycles. The molecule has 0 aliphatic heterocycles. The maximum Gasteiger partial charge on any atom is 0.225 e. The van der Waals surface area contributed by atoms with Crippen molar-refractivity contribution in [3.63, 3.8) is 0 Å². The molecular weight excluding hydrogens is 243 g/mol. The van der Waals surface area contributed by atoms with Crippen LogP contribution in [0.1, 0.15) is 31.2 Å². The zero-order valence-corrected chi connectivity index (χ0v) is 11.3. The van der Waals surface area contributed by atoms with Gasteiger partial charge in [0.05, 0.1) is 0 Å². The van der Waals surface area contributed by atoms with E-state index in [0.29, 0.717) is 12.1 Å². The van der Waals surface area contributed by atoms with Crippen molar-refractivity contribution in [2.45, 2.75) is 38.3 Å². The molecule has 0 aromatic heterocycles. The topological polar surface area (TPSA) is 46.3 Å². The van der Waals surface area contributed by atoms with Crippen LogP contribution in [-0.4, -0.2) is 23.9 Å². The van der Waals surface area contributed by atoms with Crippen LogP contribution in [0.5, 0.6) is 0 Å². The number of halogens is 1. The first kappa shape index (κ1) is 14.0. The lowest BCUT2D eigenvalue weighted by Crippen LogP contribution is -2.37. The molecule has 1 aromatic rings. The van der Waals surface area contributed by atoms with Crippen molar-refractivity contribution in [1.29, 1.82) is 0 Å². The van der Waals surface area contributed by atoms with Gasteiger partial charge in [-0.1, -0.05) is 18.2 Å². The van der Waals surface area contributed by atoms with Crippen LogP contribution in [0.15, 0.2) is 24.3 Å². The summed E-state index contributed by atoms with van der Waals surface area (Å²) in [6.45, 7) is 0.327. The van der Waals surface area contributed by atoms with Crippen molar-refractivity contribution in [3.05, 3.63) is 35.6 Å². The summed E-state index contributed by atoms with van der Waals surface area (Å²) in [5.74, 6) is -0.0976. The van der Waals surface area contributed by atoms with Crippen LogP contribution in [0.2, 0.25) is 0 Å². The van der Waals surface area contributed by atoms with Crippen LogP contribution < -0.4 is 5.73 Å². The minimum Gasteiger partial charge on any atom is -0.341 e. The van der Waals surface area contributed by atoms with Gasteiger partial charge in [0.2, 0.25) is 5.91 Å². The maximum atomic E-state index is 13.6. The normalized spacial score (nSPS) is 23.1. The fourth-order valence-corrected chi connectivity index (χ4v) is 2.64. The van der Waals surface area contributed by atoms with Gasteiger partial charge in [-0.3, -0.25) is 4.79 Å². The highest BCUT2D eigenvalue weighted by molar-refractivity contribution is 5.78. The number of amides is 1. The van der Waals surface area contributed by atoms with Crippen LogP contribution in [0.3, 0.4) is 0 Å². The molecule has 1 fully saturated rings. The van der Waals surface area contributed by atoms with Gasteiger partial charge in [-0.05, 0) is 31.7 Å². The molecule has 104 valence electrons. The highest BCUT2D eigenvalue weighted by Gasteiger charge is 2.27. The van der Waals surface area contributed by atoms with E-state index in [-0.39, 0.29) is 23.7 Å². The fourth-order valence-electron chi connectivity index (χ4n) is 2.64. The number of nitrogens with zero attached hydrogens (tertiary/aromatic N) is 1. The molecule has 19 heavy (non-hydrogen) atoms. The molecule has 0 unspecified atom stereocenters. The van der Waals surface area contributed by atoms with E-state index in [2.05, 4.69) is 0 Å². The molecule has 1 saturated carbocycles. The predicted octanol–water partition coefficient (Wildman–Crippen LogP) is 2.30. The Kier molecular flexibility index (Phi) is 4.53. The van der Waals surface area contributed by atoms with Crippen molar-refractivity contribution in [2.24, 2.45) is 11.7 Å². The van der Waals surface area contributed by atoms with E-state index >= 15 is 0 Å². The van der Waals surface area contributed by atoms with E-state index in [1.807, 2.05) is 0 Å². The maximum absolute atomic E-state index is 13.6. The highest BCUT2D eigenvalue weighted by Crippen LogP contribution is 2.25. The number of carbonyl (C=O) groups is 1. The summed E-state index contributed by atoms with van der Waals surface area (Å²) in [4.78, 5) is 13.9. The molecular formula is C15H21FN2O. The van der Waals surface area contributed by atoms with E-state index in [1.165, 1.54) is 6.07 Å². The van der Waals surface area contributed by atoms with Gasteiger partial charge in [0, 0.05) is 31.1 Å². The van der Waals surface area contributed by atoms with E-state index in [0.717, 1.165) is 25.7 Å². The number of carbonyl (C=O) groups excluding carboxylic acids is 1. The molecule has 1 aliphatic carbocycles. The van der Waals surface area contributed by atoms with Crippen molar-refractivity contribution < 1.29 is 9.18 Å². The number of nitrogens with two attached hydrogens (primary N) is 1. The van der Waals surface area contributed by atoms with Crippen LogP contribution in [0, 0.1) is 11.7 Å². The molecule has 0 atom stereocenters. The third kappa shape index (κ3) is 3.53. The van der Waals surface area contributed by atoms with Crippen LogP contribution in [0.25, 0.3) is 0 Å².